The van der Waals surface area contributed by atoms with Crippen LogP contribution in [-0.4, -0.2) is 34.7 Å². The number of rotatable bonds is 6. The maximum Gasteiger partial charge on any atom is 0.252 e. The summed E-state index contributed by atoms with van der Waals surface area (Å²) < 4.78 is 12.5. The first kappa shape index (κ1) is 18.3. The molecule has 8 nitrogen and oxygen atoms in total. The molecule has 29 heavy (non-hydrogen) atoms. The Morgan fingerprint density at radius 3 is 2.45 bits per heavy atom. The number of imidazole rings is 1. The SMILES string of the molecule is COc1cc2ncn(-c3ccc(C(N)=O)c(Nc4ccccc4)n3)c2cc1OC. The number of nitrogens with two attached hydrogens (primary N) is 1. The first-order chi connectivity index (χ1) is 14.1. The number of ether oxygens (including phenoxy) is 2. The summed E-state index contributed by atoms with van der Waals surface area (Å²) in [5.74, 6) is 1.54. The van der Waals surface area contributed by atoms with Gasteiger partial charge in [-0.2, -0.15) is 0 Å². The fourth-order valence-electron chi connectivity index (χ4n) is 3.05. The molecule has 0 atom stereocenters. The van der Waals surface area contributed by atoms with E-state index in [1.165, 1.54) is 0 Å². The predicted octanol–water partition coefficient (Wildman–Crippen LogP) is 3.28. The number of para-hydroxylation sites is 1. The molecule has 0 spiro atoms. The average molecular weight is 389 g/mol. The molecule has 0 saturated heterocycles. The fraction of sp³-hybridized carbons (Fsp3) is 0.0952. The smallest absolute Gasteiger partial charge is 0.252 e. The molecule has 4 aromatic rings. The normalized spacial score (nSPS) is 10.7. The molecule has 0 aliphatic heterocycles. The molecule has 2 aromatic carbocycles. The van der Waals surface area contributed by atoms with Crippen molar-refractivity contribution in [2.45, 2.75) is 0 Å². The second-order valence-electron chi connectivity index (χ2n) is 6.23. The number of carbonyl (C=O) groups is 1. The van der Waals surface area contributed by atoms with Crippen LogP contribution in [-0.2, 0) is 0 Å². The van der Waals surface area contributed by atoms with Gasteiger partial charge in [0.2, 0.25) is 0 Å². The number of benzene rings is 2. The van der Waals surface area contributed by atoms with Crippen molar-refractivity contribution < 1.29 is 14.3 Å². The molecule has 0 aliphatic carbocycles. The number of aromatic nitrogens is 3. The van der Waals surface area contributed by atoms with Crippen molar-refractivity contribution in [2.75, 3.05) is 19.5 Å². The lowest BCUT2D eigenvalue weighted by Gasteiger charge is -2.12. The maximum absolute atomic E-state index is 11.9. The topological polar surface area (TPSA) is 104 Å². The molecule has 0 fully saturated rings. The van der Waals surface area contributed by atoms with Crippen LogP contribution < -0.4 is 20.5 Å². The summed E-state index contributed by atoms with van der Waals surface area (Å²) in [6.07, 6.45) is 1.65. The molecule has 146 valence electrons. The minimum Gasteiger partial charge on any atom is -0.493 e. The summed E-state index contributed by atoms with van der Waals surface area (Å²) in [6, 6.07) is 16.4. The zero-order chi connectivity index (χ0) is 20.4. The minimum absolute atomic E-state index is 0.293. The van der Waals surface area contributed by atoms with Crippen molar-refractivity contribution >= 4 is 28.4 Å². The highest BCUT2D eigenvalue weighted by Crippen LogP contribution is 2.32. The Kier molecular flexibility index (Phi) is 4.74. The van der Waals surface area contributed by atoms with E-state index in [2.05, 4.69) is 15.3 Å². The Hall–Kier alpha value is -4.07. The van der Waals surface area contributed by atoms with Gasteiger partial charge in [0.1, 0.15) is 18.0 Å². The highest BCUT2D eigenvalue weighted by atomic mass is 16.5. The molecule has 0 unspecified atom stereocenters. The van der Waals surface area contributed by atoms with Gasteiger partial charge >= 0.3 is 0 Å². The van der Waals surface area contributed by atoms with Crippen LogP contribution in [0.1, 0.15) is 10.4 Å². The van der Waals surface area contributed by atoms with Gasteiger partial charge in [-0.25, -0.2) is 9.97 Å². The van der Waals surface area contributed by atoms with Crippen molar-refractivity contribution in [2.24, 2.45) is 5.73 Å². The summed E-state index contributed by atoms with van der Waals surface area (Å²) in [5, 5.41) is 3.15. The van der Waals surface area contributed by atoms with E-state index in [1.54, 1.807) is 43.3 Å². The van der Waals surface area contributed by atoms with Gasteiger partial charge < -0.3 is 20.5 Å². The van der Waals surface area contributed by atoms with E-state index < -0.39 is 5.91 Å². The number of nitrogens with zero attached hydrogens (tertiary/aromatic N) is 3. The Morgan fingerprint density at radius 2 is 1.76 bits per heavy atom. The van der Waals surface area contributed by atoms with Gasteiger partial charge in [0.05, 0.1) is 30.8 Å². The molecule has 0 radical (unpaired) electrons. The molecule has 4 rings (SSSR count). The monoisotopic (exact) mass is 389 g/mol. The Balaban J connectivity index is 1.83. The van der Waals surface area contributed by atoms with Gasteiger partial charge in [-0.3, -0.25) is 9.36 Å². The van der Waals surface area contributed by atoms with Crippen LogP contribution >= 0.6 is 0 Å². The molecule has 3 N–H and O–H groups in total. The van der Waals surface area contributed by atoms with Gasteiger partial charge in [0, 0.05) is 17.8 Å². The molecule has 0 aliphatic rings. The number of primary amides is 1. The fourth-order valence-corrected chi connectivity index (χ4v) is 3.05. The lowest BCUT2D eigenvalue weighted by molar-refractivity contribution is 0.100. The first-order valence-corrected chi connectivity index (χ1v) is 8.83. The largest absolute Gasteiger partial charge is 0.493 e. The van der Waals surface area contributed by atoms with E-state index >= 15 is 0 Å². The number of amides is 1. The molecule has 0 saturated carbocycles. The number of hydrogen-bond donors (Lipinski definition) is 2. The molecule has 8 heteroatoms. The Morgan fingerprint density at radius 1 is 1.03 bits per heavy atom. The minimum atomic E-state index is -0.565. The van der Waals surface area contributed by atoms with Gasteiger partial charge in [0.15, 0.2) is 11.5 Å². The van der Waals surface area contributed by atoms with Gasteiger partial charge in [0.25, 0.3) is 5.91 Å². The van der Waals surface area contributed by atoms with Crippen LogP contribution in [0.15, 0.2) is 60.9 Å². The third kappa shape index (κ3) is 3.43. The van der Waals surface area contributed by atoms with Gasteiger partial charge in [-0.15, -0.1) is 0 Å². The van der Waals surface area contributed by atoms with Crippen molar-refractivity contribution in [3.63, 3.8) is 0 Å². The van der Waals surface area contributed by atoms with Crippen LogP contribution in [0.25, 0.3) is 16.9 Å². The van der Waals surface area contributed by atoms with E-state index in [-0.39, 0.29) is 0 Å². The third-order valence-corrected chi connectivity index (χ3v) is 4.48. The Bertz CT molecular complexity index is 1190. The highest BCUT2D eigenvalue weighted by Gasteiger charge is 2.15. The zero-order valence-corrected chi connectivity index (χ0v) is 15.9. The summed E-state index contributed by atoms with van der Waals surface area (Å²) in [4.78, 5) is 20.9. The number of carbonyl (C=O) groups excluding carboxylic acids is 1. The zero-order valence-electron chi connectivity index (χ0n) is 15.9. The van der Waals surface area contributed by atoms with E-state index in [4.69, 9.17) is 15.2 Å². The first-order valence-electron chi connectivity index (χ1n) is 8.83. The molecule has 1 amide bonds. The summed E-state index contributed by atoms with van der Waals surface area (Å²) in [7, 11) is 3.15. The summed E-state index contributed by atoms with van der Waals surface area (Å²) >= 11 is 0. The van der Waals surface area contributed by atoms with E-state index in [0.29, 0.717) is 28.7 Å². The van der Waals surface area contributed by atoms with Crippen molar-refractivity contribution in [1.29, 1.82) is 0 Å². The van der Waals surface area contributed by atoms with E-state index in [0.717, 1.165) is 16.7 Å². The molecule has 2 aromatic heterocycles. The number of hydrogen-bond acceptors (Lipinski definition) is 6. The van der Waals surface area contributed by atoms with Crippen molar-refractivity contribution in [3.05, 3.63) is 66.5 Å². The van der Waals surface area contributed by atoms with E-state index in [9.17, 15) is 4.79 Å². The van der Waals surface area contributed by atoms with Gasteiger partial charge in [-0.1, -0.05) is 18.2 Å². The molecule has 0 bridgehead atoms. The Labute approximate surface area is 166 Å². The van der Waals surface area contributed by atoms with Crippen molar-refractivity contribution in [1.82, 2.24) is 14.5 Å². The predicted molar refractivity (Wildman–Crippen MR) is 110 cm³/mol. The van der Waals surface area contributed by atoms with Crippen LogP contribution in [0.3, 0.4) is 0 Å². The van der Waals surface area contributed by atoms with Crippen LogP contribution in [0.4, 0.5) is 11.5 Å². The number of anilines is 2. The second-order valence-corrected chi connectivity index (χ2v) is 6.23. The number of fused-ring (bicyclic) bond motifs is 1. The number of methoxy groups -OCH3 is 2. The third-order valence-electron chi connectivity index (χ3n) is 4.48. The molecular weight excluding hydrogens is 370 g/mol. The second kappa shape index (κ2) is 7.51. The quantitative estimate of drug-likeness (QED) is 0.524. The maximum atomic E-state index is 11.9. The molecular formula is C21H19N5O3. The lowest BCUT2D eigenvalue weighted by atomic mass is 10.2. The average Bonchev–Trinajstić information content (AvgIpc) is 3.16. The number of pyridine rings is 1. The van der Waals surface area contributed by atoms with Crippen molar-refractivity contribution in [3.8, 4) is 17.3 Å². The number of nitrogens with one attached hydrogen (secondary N) is 1. The van der Waals surface area contributed by atoms with Crippen LogP contribution in [0.5, 0.6) is 11.5 Å². The van der Waals surface area contributed by atoms with Crippen LogP contribution in [0.2, 0.25) is 0 Å². The standard InChI is InChI=1S/C21H19N5O3/c1-28-17-10-15-16(11-18(17)29-2)26(12-23-15)19-9-8-14(20(22)27)21(25-19)24-13-6-4-3-5-7-13/h3-12H,1-2H3,(H2,22,27)(H,24,25). The lowest BCUT2D eigenvalue weighted by Crippen LogP contribution is -2.15. The summed E-state index contributed by atoms with van der Waals surface area (Å²) in [6.45, 7) is 0. The van der Waals surface area contributed by atoms with Gasteiger partial charge in [-0.05, 0) is 24.3 Å². The van der Waals surface area contributed by atoms with Crippen LogP contribution in [0, 0.1) is 0 Å². The highest BCUT2D eigenvalue weighted by molar-refractivity contribution is 5.98. The summed E-state index contributed by atoms with van der Waals surface area (Å²) in [5.41, 5.74) is 8.12. The van der Waals surface area contributed by atoms with E-state index in [1.807, 2.05) is 36.4 Å². The molecule has 2 heterocycles.